The quantitative estimate of drug-likeness (QED) is 0.463. The Hall–Kier alpha value is -0.655. The van der Waals surface area contributed by atoms with Crippen molar-refractivity contribution in [3.8, 4) is 0 Å². The Morgan fingerprint density at radius 2 is 2.50 bits per heavy atom. The molecule has 1 nitrogen and oxygen atoms in total. The van der Waals surface area contributed by atoms with Crippen molar-refractivity contribution >= 4 is 7.85 Å². The maximum absolute atomic E-state index is 5.35. The van der Waals surface area contributed by atoms with Crippen molar-refractivity contribution in [1.82, 2.24) is 4.57 Å². The molecule has 0 aromatic carbocycles. The minimum Gasteiger partial charge on any atom is -0.357 e. The van der Waals surface area contributed by atoms with Crippen molar-refractivity contribution in [2.75, 3.05) is 0 Å². The van der Waals surface area contributed by atoms with Crippen molar-refractivity contribution in [3.05, 3.63) is 24.0 Å². The molecule has 1 aromatic rings. The van der Waals surface area contributed by atoms with Gasteiger partial charge in [-0.25, -0.2) is 0 Å². The zero-order valence-electron chi connectivity index (χ0n) is 4.96. The standard InChI is InChI=1S/C6H8BN/c1-8-3-2-6(4-7)5-8/h2-3,5H,4H2,1H3. The highest BCUT2D eigenvalue weighted by molar-refractivity contribution is 6.08. The summed E-state index contributed by atoms with van der Waals surface area (Å²) in [5, 5.41) is 0. The van der Waals surface area contributed by atoms with Gasteiger partial charge < -0.3 is 4.57 Å². The van der Waals surface area contributed by atoms with Gasteiger partial charge in [-0.3, -0.25) is 0 Å². The maximum Gasteiger partial charge on any atom is 0.0717 e. The number of aromatic nitrogens is 1. The molecule has 0 atom stereocenters. The van der Waals surface area contributed by atoms with E-state index < -0.39 is 0 Å². The molecule has 0 saturated carbocycles. The van der Waals surface area contributed by atoms with Crippen LogP contribution in [0.15, 0.2) is 18.5 Å². The molecule has 0 bridgehead atoms. The van der Waals surface area contributed by atoms with E-state index in [0.29, 0.717) is 6.32 Å². The number of hydrogen-bond donors (Lipinski definition) is 0. The molecule has 1 aromatic heterocycles. The van der Waals surface area contributed by atoms with Crippen LogP contribution in [0.4, 0.5) is 0 Å². The third-order valence-corrected chi connectivity index (χ3v) is 1.13. The second-order valence-corrected chi connectivity index (χ2v) is 1.89. The van der Waals surface area contributed by atoms with E-state index in [1.165, 1.54) is 5.56 Å². The SMILES string of the molecule is [B]Cc1ccn(C)c1. The molecule has 0 fully saturated rings. The predicted molar refractivity (Wildman–Crippen MR) is 34.9 cm³/mol. The minimum atomic E-state index is 0.640. The van der Waals surface area contributed by atoms with Gasteiger partial charge in [0.25, 0.3) is 0 Å². The van der Waals surface area contributed by atoms with Crippen LogP contribution >= 0.6 is 0 Å². The van der Waals surface area contributed by atoms with Crippen LogP contribution in [0, 0.1) is 0 Å². The smallest absolute Gasteiger partial charge is 0.0717 e. The van der Waals surface area contributed by atoms with Crippen LogP contribution in [-0.4, -0.2) is 12.4 Å². The molecule has 2 radical (unpaired) electrons. The van der Waals surface area contributed by atoms with Crippen LogP contribution in [0.25, 0.3) is 0 Å². The first-order valence-electron chi connectivity index (χ1n) is 2.64. The van der Waals surface area contributed by atoms with Gasteiger partial charge in [0.15, 0.2) is 0 Å². The highest BCUT2D eigenvalue weighted by Crippen LogP contribution is 1.96. The summed E-state index contributed by atoms with van der Waals surface area (Å²) in [4.78, 5) is 0. The van der Waals surface area contributed by atoms with Crippen molar-refractivity contribution < 1.29 is 0 Å². The van der Waals surface area contributed by atoms with Crippen molar-refractivity contribution in [2.45, 2.75) is 6.32 Å². The molecule has 8 heavy (non-hydrogen) atoms. The first kappa shape index (κ1) is 5.48. The number of rotatable bonds is 1. The van der Waals surface area contributed by atoms with Gasteiger partial charge in [0.05, 0.1) is 7.85 Å². The fourth-order valence-electron chi connectivity index (χ4n) is 0.682. The Bertz CT molecular complexity index is 169. The van der Waals surface area contributed by atoms with Crippen LogP contribution < -0.4 is 0 Å². The van der Waals surface area contributed by atoms with Crippen LogP contribution in [0.2, 0.25) is 0 Å². The zero-order chi connectivity index (χ0) is 5.98. The third kappa shape index (κ3) is 0.943. The van der Waals surface area contributed by atoms with Gasteiger partial charge >= 0.3 is 0 Å². The van der Waals surface area contributed by atoms with Crippen LogP contribution in [-0.2, 0) is 13.4 Å². The summed E-state index contributed by atoms with van der Waals surface area (Å²) in [6.07, 6.45) is 4.64. The number of hydrogen-bond acceptors (Lipinski definition) is 0. The van der Waals surface area contributed by atoms with Crippen molar-refractivity contribution in [1.29, 1.82) is 0 Å². The van der Waals surface area contributed by atoms with E-state index in [4.69, 9.17) is 7.85 Å². The molecule has 40 valence electrons. The molecule has 0 spiro atoms. The normalized spacial score (nSPS) is 9.62. The molecule has 0 unspecified atom stereocenters. The molecular weight excluding hydrogens is 96.9 g/mol. The Kier molecular flexibility index (Phi) is 1.42. The Morgan fingerprint density at radius 1 is 1.75 bits per heavy atom. The Labute approximate surface area is 50.7 Å². The largest absolute Gasteiger partial charge is 0.357 e. The molecule has 1 heterocycles. The molecule has 0 aliphatic heterocycles. The maximum atomic E-state index is 5.35. The van der Waals surface area contributed by atoms with Gasteiger partial charge in [-0.15, -0.1) is 0 Å². The van der Waals surface area contributed by atoms with Gasteiger partial charge in [0.1, 0.15) is 0 Å². The minimum absolute atomic E-state index is 0.640. The third-order valence-electron chi connectivity index (χ3n) is 1.13. The Morgan fingerprint density at radius 3 is 2.75 bits per heavy atom. The molecule has 0 aliphatic carbocycles. The molecule has 0 aliphatic rings. The summed E-state index contributed by atoms with van der Waals surface area (Å²) in [6.45, 7) is 0. The summed E-state index contributed by atoms with van der Waals surface area (Å²) < 4.78 is 1.99. The second-order valence-electron chi connectivity index (χ2n) is 1.89. The Balaban J connectivity index is 2.84. The average Bonchev–Trinajstić information content (AvgIpc) is 2.14. The zero-order valence-corrected chi connectivity index (χ0v) is 4.96. The lowest BCUT2D eigenvalue weighted by atomic mass is 10.00. The van der Waals surface area contributed by atoms with E-state index in [-0.39, 0.29) is 0 Å². The molecule has 0 N–H and O–H groups in total. The van der Waals surface area contributed by atoms with Crippen molar-refractivity contribution in [3.63, 3.8) is 0 Å². The molecule has 0 amide bonds. The van der Waals surface area contributed by atoms with E-state index in [1.807, 2.05) is 30.1 Å². The first-order chi connectivity index (χ1) is 3.83. The van der Waals surface area contributed by atoms with Crippen LogP contribution in [0.3, 0.4) is 0 Å². The molecular formula is C6H8BN. The fourth-order valence-corrected chi connectivity index (χ4v) is 0.682. The van der Waals surface area contributed by atoms with Gasteiger partial charge in [-0.1, -0.05) is 6.32 Å². The molecule has 1 rings (SSSR count). The summed E-state index contributed by atoms with van der Waals surface area (Å²) in [5.41, 5.74) is 1.19. The van der Waals surface area contributed by atoms with E-state index >= 15 is 0 Å². The lowest BCUT2D eigenvalue weighted by Crippen LogP contribution is -1.80. The van der Waals surface area contributed by atoms with E-state index in [2.05, 4.69) is 0 Å². The van der Waals surface area contributed by atoms with Gasteiger partial charge in [-0.2, -0.15) is 0 Å². The monoisotopic (exact) mass is 105 g/mol. The van der Waals surface area contributed by atoms with Gasteiger partial charge in [-0.05, 0) is 11.6 Å². The molecule has 2 heteroatoms. The lowest BCUT2D eigenvalue weighted by Gasteiger charge is -1.84. The fraction of sp³-hybridized carbons (Fsp3) is 0.333. The predicted octanol–water partition coefficient (Wildman–Crippen LogP) is 0.694. The van der Waals surface area contributed by atoms with E-state index in [0.717, 1.165) is 0 Å². The summed E-state index contributed by atoms with van der Waals surface area (Å²) >= 11 is 0. The molecule has 0 saturated heterocycles. The van der Waals surface area contributed by atoms with Crippen LogP contribution in [0.5, 0.6) is 0 Å². The highest BCUT2D eigenvalue weighted by Gasteiger charge is 1.86. The average molecular weight is 105 g/mol. The van der Waals surface area contributed by atoms with Crippen molar-refractivity contribution in [2.24, 2.45) is 7.05 Å². The van der Waals surface area contributed by atoms with E-state index in [9.17, 15) is 0 Å². The topological polar surface area (TPSA) is 4.93 Å². The summed E-state index contributed by atoms with van der Waals surface area (Å²) in [6, 6.07) is 2.01. The van der Waals surface area contributed by atoms with Crippen LogP contribution in [0.1, 0.15) is 5.56 Å². The number of aryl methyl sites for hydroxylation is 1. The summed E-state index contributed by atoms with van der Waals surface area (Å²) in [5.74, 6) is 0. The van der Waals surface area contributed by atoms with Gasteiger partial charge in [0, 0.05) is 19.4 Å². The second kappa shape index (κ2) is 2.08. The first-order valence-corrected chi connectivity index (χ1v) is 2.64. The van der Waals surface area contributed by atoms with E-state index in [1.54, 1.807) is 0 Å². The van der Waals surface area contributed by atoms with Gasteiger partial charge in [0.2, 0.25) is 0 Å². The number of nitrogens with zero attached hydrogens (tertiary/aromatic N) is 1. The summed E-state index contributed by atoms with van der Waals surface area (Å²) in [7, 11) is 7.34. The lowest BCUT2D eigenvalue weighted by molar-refractivity contribution is 0.924. The highest BCUT2D eigenvalue weighted by atomic mass is 14.9.